The highest BCUT2D eigenvalue weighted by Gasteiger charge is 2.09. The standard InChI is InChI=1S/C15H24N2O3/c1-4-17(12(2)3)11-13-5-7-14(8-6-13)15(19)16-20-10-9-18/h5-8,12,18H,4,9-11H2,1-3H3,(H,16,19). The molecule has 0 aromatic heterocycles. The molecule has 5 heteroatoms. The topological polar surface area (TPSA) is 61.8 Å². The van der Waals surface area contributed by atoms with Crippen LogP contribution in [-0.4, -0.2) is 41.7 Å². The van der Waals surface area contributed by atoms with Crippen LogP contribution in [0, 0.1) is 0 Å². The van der Waals surface area contributed by atoms with E-state index in [1.165, 1.54) is 5.56 Å². The Morgan fingerprint density at radius 1 is 1.35 bits per heavy atom. The summed E-state index contributed by atoms with van der Waals surface area (Å²) >= 11 is 0. The molecular formula is C15H24N2O3. The van der Waals surface area contributed by atoms with Crippen molar-refractivity contribution in [3.8, 4) is 0 Å². The largest absolute Gasteiger partial charge is 0.394 e. The lowest BCUT2D eigenvalue weighted by atomic mass is 10.1. The fraction of sp³-hybridized carbons (Fsp3) is 0.533. The van der Waals surface area contributed by atoms with E-state index in [0.717, 1.165) is 13.1 Å². The van der Waals surface area contributed by atoms with Crippen molar-refractivity contribution in [1.29, 1.82) is 0 Å². The molecule has 0 saturated heterocycles. The molecule has 1 amide bonds. The zero-order valence-electron chi connectivity index (χ0n) is 12.4. The molecule has 112 valence electrons. The Labute approximate surface area is 120 Å². The summed E-state index contributed by atoms with van der Waals surface area (Å²) in [6.07, 6.45) is 0. The summed E-state index contributed by atoms with van der Waals surface area (Å²) in [6, 6.07) is 7.95. The molecule has 0 aliphatic rings. The fourth-order valence-corrected chi connectivity index (χ4v) is 1.88. The molecule has 20 heavy (non-hydrogen) atoms. The first kappa shape index (κ1) is 16.6. The highest BCUT2D eigenvalue weighted by Crippen LogP contribution is 2.10. The lowest BCUT2D eigenvalue weighted by Gasteiger charge is -2.24. The Bertz CT molecular complexity index is 404. The van der Waals surface area contributed by atoms with Gasteiger partial charge in [0.1, 0.15) is 0 Å². The second kappa shape index (κ2) is 8.68. The molecule has 0 aliphatic heterocycles. The van der Waals surface area contributed by atoms with Crippen LogP contribution in [0.25, 0.3) is 0 Å². The van der Waals surface area contributed by atoms with E-state index in [-0.39, 0.29) is 19.1 Å². The van der Waals surface area contributed by atoms with Crippen LogP contribution in [0.5, 0.6) is 0 Å². The number of benzene rings is 1. The highest BCUT2D eigenvalue weighted by molar-refractivity contribution is 5.93. The second-order valence-corrected chi connectivity index (χ2v) is 4.86. The molecule has 0 radical (unpaired) electrons. The van der Waals surface area contributed by atoms with E-state index in [2.05, 4.69) is 31.2 Å². The van der Waals surface area contributed by atoms with Gasteiger partial charge in [0.25, 0.3) is 5.91 Å². The lowest BCUT2D eigenvalue weighted by molar-refractivity contribution is 0.0168. The van der Waals surface area contributed by atoms with Crippen LogP contribution >= 0.6 is 0 Å². The number of aliphatic hydroxyl groups is 1. The molecule has 0 bridgehead atoms. The first-order chi connectivity index (χ1) is 9.58. The van der Waals surface area contributed by atoms with Gasteiger partial charge in [-0.05, 0) is 38.1 Å². The van der Waals surface area contributed by atoms with E-state index in [9.17, 15) is 4.79 Å². The summed E-state index contributed by atoms with van der Waals surface area (Å²) in [5.74, 6) is -0.304. The third-order valence-corrected chi connectivity index (χ3v) is 3.10. The summed E-state index contributed by atoms with van der Waals surface area (Å²) in [7, 11) is 0. The summed E-state index contributed by atoms with van der Waals surface area (Å²) in [5.41, 5.74) is 4.00. The van der Waals surface area contributed by atoms with Crippen LogP contribution in [0.1, 0.15) is 36.7 Å². The van der Waals surface area contributed by atoms with E-state index >= 15 is 0 Å². The molecule has 1 aromatic rings. The molecule has 0 fully saturated rings. The predicted molar refractivity (Wildman–Crippen MR) is 78.2 cm³/mol. The Kier molecular flexibility index (Phi) is 7.22. The molecule has 0 atom stereocenters. The van der Waals surface area contributed by atoms with Crippen LogP contribution in [0.3, 0.4) is 0 Å². The van der Waals surface area contributed by atoms with E-state index < -0.39 is 0 Å². The first-order valence-corrected chi connectivity index (χ1v) is 6.94. The molecular weight excluding hydrogens is 256 g/mol. The van der Waals surface area contributed by atoms with Gasteiger partial charge in [0, 0.05) is 18.2 Å². The van der Waals surface area contributed by atoms with Gasteiger partial charge in [-0.3, -0.25) is 14.5 Å². The molecule has 1 rings (SSSR count). The van der Waals surface area contributed by atoms with Crippen molar-refractivity contribution in [3.63, 3.8) is 0 Å². The minimum absolute atomic E-state index is 0.0870. The predicted octanol–water partition coefficient (Wildman–Crippen LogP) is 1.57. The molecule has 0 spiro atoms. The van der Waals surface area contributed by atoms with E-state index in [0.29, 0.717) is 11.6 Å². The van der Waals surface area contributed by atoms with Crippen molar-refractivity contribution < 1.29 is 14.7 Å². The minimum atomic E-state index is -0.304. The Balaban J connectivity index is 2.57. The molecule has 2 N–H and O–H groups in total. The van der Waals surface area contributed by atoms with Gasteiger partial charge in [-0.1, -0.05) is 19.1 Å². The number of hydroxylamine groups is 1. The SMILES string of the molecule is CCN(Cc1ccc(C(=O)NOCCO)cc1)C(C)C. The van der Waals surface area contributed by atoms with E-state index in [1.54, 1.807) is 12.1 Å². The van der Waals surface area contributed by atoms with E-state index in [4.69, 9.17) is 9.94 Å². The van der Waals surface area contributed by atoms with Crippen molar-refractivity contribution >= 4 is 5.91 Å². The fourth-order valence-electron chi connectivity index (χ4n) is 1.88. The van der Waals surface area contributed by atoms with Crippen molar-refractivity contribution in [2.45, 2.75) is 33.4 Å². The van der Waals surface area contributed by atoms with Crippen molar-refractivity contribution in [3.05, 3.63) is 35.4 Å². The van der Waals surface area contributed by atoms with Gasteiger partial charge in [-0.15, -0.1) is 0 Å². The molecule has 1 aromatic carbocycles. The van der Waals surface area contributed by atoms with Crippen LogP contribution in [0.4, 0.5) is 0 Å². The maximum Gasteiger partial charge on any atom is 0.274 e. The molecule has 0 aliphatic carbocycles. The van der Waals surface area contributed by atoms with Gasteiger partial charge in [0.2, 0.25) is 0 Å². The second-order valence-electron chi connectivity index (χ2n) is 4.86. The van der Waals surface area contributed by atoms with Crippen molar-refractivity contribution in [1.82, 2.24) is 10.4 Å². The third-order valence-electron chi connectivity index (χ3n) is 3.10. The summed E-state index contributed by atoms with van der Waals surface area (Å²) in [5, 5.41) is 8.56. The average Bonchev–Trinajstić information content (AvgIpc) is 2.45. The molecule has 0 saturated carbocycles. The Morgan fingerprint density at radius 2 is 2.00 bits per heavy atom. The zero-order chi connectivity index (χ0) is 15.0. The van der Waals surface area contributed by atoms with Crippen LogP contribution in [-0.2, 0) is 11.4 Å². The van der Waals surface area contributed by atoms with Crippen LogP contribution in [0.15, 0.2) is 24.3 Å². The van der Waals surface area contributed by atoms with Gasteiger partial charge >= 0.3 is 0 Å². The number of carbonyl (C=O) groups excluding carboxylic acids is 1. The molecule has 5 nitrogen and oxygen atoms in total. The number of hydrogen-bond donors (Lipinski definition) is 2. The normalized spacial score (nSPS) is 11.1. The van der Waals surface area contributed by atoms with Crippen molar-refractivity contribution in [2.75, 3.05) is 19.8 Å². The summed E-state index contributed by atoms with van der Waals surface area (Å²) in [4.78, 5) is 18.8. The summed E-state index contributed by atoms with van der Waals surface area (Å²) < 4.78 is 0. The van der Waals surface area contributed by atoms with Gasteiger partial charge in [-0.25, -0.2) is 5.48 Å². The van der Waals surface area contributed by atoms with Crippen molar-refractivity contribution in [2.24, 2.45) is 0 Å². The molecule has 0 heterocycles. The minimum Gasteiger partial charge on any atom is -0.394 e. The Morgan fingerprint density at radius 3 is 2.50 bits per heavy atom. The van der Waals surface area contributed by atoms with Gasteiger partial charge in [0.05, 0.1) is 13.2 Å². The van der Waals surface area contributed by atoms with Gasteiger partial charge in [0.15, 0.2) is 0 Å². The van der Waals surface area contributed by atoms with E-state index in [1.807, 2.05) is 12.1 Å². The third kappa shape index (κ3) is 5.28. The smallest absolute Gasteiger partial charge is 0.274 e. The number of nitrogens with one attached hydrogen (secondary N) is 1. The number of hydrogen-bond acceptors (Lipinski definition) is 4. The zero-order valence-corrected chi connectivity index (χ0v) is 12.4. The number of nitrogens with zero attached hydrogens (tertiary/aromatic N) is 1. The highest BCUT2D eigenvalue weighted by atomic mass is 16.7. The lowest BCUT2D eigenvalue weighted by Crippen LogP contribution is -2.30. The van der Waals surface area contributed by atoms with Gasteiger partial charge in [-0.2, -0.15) is 0 Å². The number of carbonyl (C=O) groups is 1. The van der Waals surface area contributed by atoms with Gasteiger partial charge < -0.3 is 5.11 Å². The van der Waals surface area contributed by atoms with Crippen LogP contribution in [0.2, 0.25) is 0 Å². The number of aliphatic hydroxyl groups excluding tert-OH is 1. The monoisotopic (exact) mass is 280 g/mol. The maximum atomic E-state index is 11.7. The maximum absolute atomic E-state index is 11.7. The average molecular weight is 280 g/mol. The van der Waals surface area contributed by atoms with Crippen LogP contribution < -0.4 is 5.48 Å². The Hall–Kier alpha value is -1.43. The first-order valence-electron chi connectivity index (χ1n) is 6.94. The quantitative estimate of drug-likeness (QED) is 0.560. The summed E-state index contributed by atoms with van der Waals surface area (Å²) in [6.45, 7) is 8.31. The number of amides is 1. The number of rotatable bonds is 8. The molecule has 0 unspecified atom stereocenters.